The van der Waals surface area contributed by atoms with Crippen molar-refractivity contribution in [2.24, 2.45) is 0 Å². The summed E-state index contributed by atoms with van der Waals surface area (Å²) in [5.41, 5.74) is 7.26. The van der Waals surface area contributed by atoms with E-state index in [9.17, 15) is 24.5 Å². The summed E-state index contributed by atoms with van der Waals surface area (Å²) in [5.74, 6) is -1.10. The summed E-state index contributed by atoms with van der Waals surface area (Å²) in [6.07, 6.45) is 0.257. The molecule has 1 aromatic carbocycles. The molecular formula is C19H23N6O7P. The molecule has 0 aliphatic carbocycles. The third kappa shape index (κ3) is 5.36. The third-order valence-corrected chi connectivity index (χ3v) is 6.35. The Bertz CT molecular complexity index is 1180. The van der Waals surface area contributed by atoms with Crippen LogP contribution in [0.4, 0.5) is 5.82 Å². The minimum Gasteiger partial charge on any atom is -0.480 e. The van der Waals surface area contributed by atoms with E-state index in [1.165, 1.54) is 12.7 Å². The van der Waals surface area contributed by atoms with Crippen molar-refractivity contribution in [2.45, 2.75) is 37.3 Å². The number of carboxylic acids is 1. The molecule has 1 fully saturated rings. The Morgan fingerprint density at radius 3 is 2.82 bits per heavy atom. The highest BCUT2D eigenvalue weighted by molar-refractivity contribution is 7.50. The number of imidazole rings is 1. The molecule has 4 rings (SSSR count). The molecule has 33 heavy (non-hydrogen) atoms. The molecule has 5 atom stereocenters. The smallest absolute Gasteiger partial charge is 0.403 e. The van der Waals surface area contributed by atoms with Crippen LogP contribution < -0.4 is 10.8 Å². The van der Waals surface area contributed by atoms with Crippen LogP contribution in [0, 0.1) is 0 Å². The fraction of sp³-hybridized carbons (Fsp3) is 0.368. The fourth-order valence-electron chi connectivity index (χ4n) is 3.56. The zero-order valence-electron chi connectivity index (χ0n) is 17.3. The monoisotopic (exact) mass is 478 g/mol. The van der Waals surface area contributed by atoms with Gasteiger partial charge in [0.2, 0.25) is 0 Å². The second-order valence-corrected chi connectivity index (χ2v) is 9.10. The van der Waals surface area contributed by atoms with Crippen molar-refractivity contribution < 1.29 is 33.7 Å². The molecule has 13 nitrogen and oxygen atoms in total. The van der Waals surface area contributed by atoms with Crippen LogP contribution >= 0.6 is 7.75 Å². The van der Waals surface area contributed by atoms with Gasteiger partial charge in [0.15, 0.2) is 11.5 Å². The maximum absolute atomic E-state index is 12.5. The first-order valence-electron chi connectivity index (χ1n) is 10.0. The highest BCUT2D eigenvalue weighted by Gasteiger charge is 2.38. The minimum absolute atomic E-state index is 0.0204. The van der Waals surface area contributed by atoms with Gasteiger partial charge in [0.1, 0.15) is 30.2 Å². The van der Waals surface area contributed by atoms with E-state index in [2.05, 4.69) is 20.0 Å². The largest absolute Gasteiger partial charge is 0.480 e. The number of carbonyl (C=O) groups is 1. The van der Waals surface area contributed by atoms with Crippen molar-refractivity contribution in [1.82, 2.24) is 24.6 Å². The molecule has 3 heterocycles. The maximum Gasteiger partial charge on any atom is 0.403 e. The molecule has 14 heteroatoms. The Labute approximate surface area is 187 Å². The lowest BCUT2D eigenvalue weighted by atomic mass is 10.1. The first-order valence-corrected chi connectivity index (χ1v) is 11.6. The fourth-order valence-corrected chi connectivity index (χ4v) is 4.58. The van der Waals surface area contributed by atoms with Crippen molar-refractivity contribution in [1.29, 1.82) is 0 Å². The Hall–Kier alpha value is -2.93. The number of rotatable bonds is 9. The van der Waals surface area contributed by atoms with E-state index in [1.54, 1.807) is 34.9 Å². The predicted octanol–water partition coefficient (Wildman–Crippen LogP) is 0.459. The molecule has 1 aliphatic rings. The van der Waals surface area contributed by atoms with Crippen molar-refractivity contribution in [3.63, 3.8) is 0 Å². The molecule has 0 saturated carbocycles. The number of aliphatic hydroxyl groups excluding tert-OH is 1. The zero-order chi connectivity index (χ0) is 23.6. The minimum atomic E-state index is -4.52. The van der Waals surface area contributed by atoms with E-state index in [-0.39, 0.29) is 18.7 Å². The number of fused-ring (bicyclic) bond motifs is 1. The highest BCUT2D eigenvalue weighted by atomic mass is 31.2. The lowest BCUT2D eigenvalue weighted by Crippen LogP contribution is -2.37. The number of aliphatic hydroxyl groups is 1. The van der Waals surface area contributed by atoms with Crippen LogP contribution in [-0.4, -0.2) is 65.5 Å². The van der Waals surface area contributed by atoms with Crippen LogP contribution in [-0.2, 0) is 25.0 Å². The highest BCUT2D eigenvalue weighted by Crippen LogP contribution is 2.40. The van der Waals surface area contributed by atoms with Crippen molar-refractivity contribution in [3.8, 4) is 0 Å². The van der Waals surface area contributed by atoms with Gasteiger partial charge in [-0.05, 0) is 12.0 Å². The Balaban J connectivity index is 1.38. The lowest BCUT2D eigenvalue weighted by molar-refractivity contribution is -0.139. The standard InChI is InChI=1S/C19H23N6O7P/c20-17-16-18(22-9-21-17)25(10-23-16)15-7-13(26)14(32-15)8-31-33(29,30)24-12(19(27)28)6-11-4-2-1-3-5-11/h1-5,9-10,12-15,26H,6-8H2,(H,27,28)(H2,20,21,22)(H2,24,29,30)/t12-,13-,14+,15+/m0/s1. The number of benzene rings is 1. The number of carboxylic acid groups (broad SMARTS) is 1. The number of ether oxygens (including phenoxy) is 1. The van der Waals surface area contributed by atoms with Gasteiger partial charge in [-0.15, -0.1) is 0 Å². The summed E-state index contributed by atoms with van der Waals surface area (Å²) in [6.45, 7) is -0.445. The topological polar surface area (TPSA) is 195 Å². The predicted molar refractivity (Wildman–Crippen MR) is 115 cm³/mol. The van der Waals surface area contributed by atoms with Gasteiger partial charge >= 0.3 is 13.7 Å². The molecule has 0 spiro atoms. The number of nitrogen functional groups attached to an aromatic ring is 1. The van der Waals surface area contributed by atoms with Crippen LogP contribution in [0.15, 0.2) is 43.0 Å². The Kier molecular flexibility index (Phi) is 6.70. The number of nitrogens with one attached hydrogen (secondary N) is 1. The molecule has 1 saturated heterocycles. The van der Waals surface area contributed by atoms with E-state index in [1.807, 2.05) is 0 Å². The number of nitrogens with two attached hydrogens (primary N) is 1. The number of hydrogen-bond acceptors (Lipinski definition) is 9. The van der Waals surface area contributed by atoms with Crippen LogP contribution in [0.5, 0.6) is 0 Å². The summed E-state index contributed by atoms with van der Waals surface area (Å²) in [6, 6.07) is 7.32. The van der Waals surface area contributed by atoms with Crippen molar-refractivity contribution in [2.75, 3.05) is 12.3 Å². The van der Waals surface area contributed by atoms with Gasteiger partial charge in [-0.1, -0.05) is 30.3 Å². The van der Waals surface area contributed by atoms with Crippen molar-refractivity contribution >= 4 is 30.7 Å². The zero-order valence-corrected chi connectivity index (χ0v) is 18.2. The quantitative estimate of drug-likeness (QED) is 0.267. The van der Waals surface area contributed by atoms with Crippen molar-refractivity contribution in [3.05, 3.63) is 48.5 Å². The number of aromatic nitrogens is 4. The summed E-state index contributed by atoms with van der Waals surface area (Å²) >= 11 is 0. The summed E-state index contributed by atoms with van der Waals surface area (Å²) in [5, 5.41) is 21.9. The Morgan fingerprint density at radius 1 is 1.33 bits per heavy atom. The lowest BCUT2D eigenvalue weighted by Gasteiger charge is -2.21. The van der Waals surface area contributed by atoms with Gasteiger partial charge in [-0.3, -0.25) is 13.9 Å². The molecule has 1 aliphatic heterocycles. The van der Waals surface area contributed by atoms with Gasteiger partial charge < -0.3 is 25.6 Å². The molecular weight excluding hydrogens is 455 g/mol. The average molecular weight is 478 g/mol. The SMILES string of the molecule is Nc1ncnc2c1ncn2[C@H]1C[C@H](O)[C@@H](COP(=O)(O)N[C@@H](Cc2ccccc2)C(=O)O)O1. The second kappa shape index (κ2) is 9.51. The van der Waals surface area contributed by atoms with Gasteiger partial charge in [0.05, 0.1) is 19.0 Å². The first-order chi connectivity index (χ1) is 15.7. The first kappa shape index (κ1) is 23.2. The molecule has 0 bridgehead atoms. The van der Waals surface area contributed by atoms with E-state index in [0.717, 1.165) is 0 Å². The van der Waals surface area contributed by atoms with Gasteiger partial charge in [0, 0.05) is 6.42 Å². The summed E-state index contributed by atoms with van der Waals surface area (Å²) in [4.78, 5) is 33.9. The van der Waals surface area contributed by atoms with E-state index >= 15 is 0 Å². The van der Waals surface area contributed by atoms with Crippen LogP contribution in [0.25, 0.3) is 11.2 Å². The summed E-state index contributed by atoms with van der Waals surface area (Å²) in [7, 11) is -4.52. The number of anilines is 1. The average Bonchev–Trinajstić information content (AvgIpc) is 3.36. The van der Waals surface area contributed by atoms with E-state index < -0.39 is 44.8 Å². The van der Waals surface area contributed by atoms with E-state index in [4.69, 9.17) is 15.0 Å². The van der Waals surface area contributed by atoms with E-state index in [0.29, 0.717) is 16.7 Å². The second-order valence-electron chi connectivity index (χ2n) is 7.54. The van der Waals surface area contributed by atoms with Gasteiger partial charge in [-0.25, -0.2) is 24.6 Å². The number of hydrogen-bond donors (Lipinski definition) is 5. The number of nitrogens with zero attached hydrogens (tertiary/aromatic N) is 4. The summed E-state index contributed by atoms with van der Waals surface area (Å²) < 4.78 is 24.9. The molecule has 2 aromatic heterocycles. The third-order valence-electron chi connectivity index (χ3n) is 5.22. The van der Waals surface area contributed by atoms with Crippen LogP contribution in [0.2, 0.25) is 0 Å². The molecule has 1 unspecified atom stereocenters. The maximum atomic E-state index is 12.5. The normalized spacial score (nSPS) is 23.4. The molecule has 0 amide bonds. The molecule has 176 valence electrons. The van der Waals surface area contributed by atoms with Crippen LogP contribution in [0.1, 0.15) is 18.2 Å². The number of aliphatic carboxylic acids is 1. The Morgan fingerprint density at radius 2 is 2.09 bits per heavy atom. The van der Waals surface area contributed by atoms with Gasteiger partial charge in [-0.2, -0.15) is 0 Å². The van der Waals surface area contributed by atoms with Crippen LogP contribution in [0.3, 0.4) is 0 Å². The van der Waals surface area contributed by atoms with Gasteiger partial charge in [0.25, 0.3) is 0 Å². The molecule has 0 radical (unpaired) electrons. The molecule has 6 N–H and O–H groups in total. The molecule has 3 aromatic rings.